The average molecular weight is 383 g/mol. The van der Waals surface area contributed by atoms with Crippen molar-refractivity contribution in [1.29, 1.82) is 0 Å². The normalized spacial score (nSPS) is 11.4. The molecule has 2 heterocycles. The van der Waals surface area contributed by atoms with Crippen LogP contribution >= 0.6 is 12.6 Å². The number of aromatic nitrogens is 2. The van der Waals surface area contributed by atoms with Crippen molar-refractivity contribution in [1.82, 2.24) is 9.97 Å². The van der Waals surface area contributed by atoms with Crippen LogP contribution in [-0.4, -0.2) is 9.97 Å². The van der Waals surface area contributed by atoms with Gasteiger partial charge in [0.15, 0.2) is 0 Å². The SMILES string of the molecule is CC(C)(c1cccc(-c2cccc(-c3ccccc3)n2)n1)c1ccccc1S. The Kier molecular flexibility index (Phi) is 5.01. The third-order valence-corrected chi connectivity index (χ3v) is 5.44. The highest BCUT2D eigenvalue weighted by Crippen LogP contribution is 2.35. The Morgan fingerprint density at radius 2 is 1.21 bits per heavy atom. The van der Waals surface area contributed by atoms with Crippen LogP contribution in [0.2, 0.25) is 0 Å². The number of hydrogen-bond donors (Lipinski definition) is 1. The molecule has 0 aliphatic heterocycles. The van der Waals surface area contributed by atoms with Gasteiger partial charge >= 0.3 is 0 Å². The van der Waals surface area contributed by atoms with E-state index in [-0.39, 0.29) is 5.41 Å². The van der Waals surface area contributed by atoms with Crippen molar-refractivity contribution in [2.24, 2.45) is 0 Å². The molecular formula is C25H22N2S. The monoisotopic (exact) mass is 382 g/mol. The number of rotatable bonds is 4. The second-order valence-electron chi connectivity index (χ2n) is 7.32. The van der Waals surface area contributed by atoms with Gasteiger partial charge in [-0.2, -0.15) is 0 Å². The summed E-state index contributed by atoms with van der Waals surface area (Å²) >= 11 is 4.65. The minimum absolute atomic E-state index is 0.259. The van der Waals surface area contributed by atoms with Gasteiger partial charge in [-0.25, -0.2) is 4.98 Å². The molecule has 4 rings (SSSR count). The molecule has 0 radical (unpaired) electrons. The molecule has 2 aromatic heterocycles. The molecule has 0 aliphatic carbocycles. The van der Waals surface area contributed by atoms with Gasteiger partial charge < -0.3 is 0 Å². The first-order valence-corrected chi connectivity index (χ1v) is 9.79. The molecule has 138 valence electrons. The van der Waals surface area contributed by atoms with Crippen LogP contribution in [0.25, 0.3) is 22.6 Å². The van der Waals surface area contributed by atoms with E-state index in [9.17, 15) is 0 Å². The van der Waals surface area contributed by atoms with Crippen molar-refractivity contribution in [2.45, 2.75) is 24.2 Å². The quantitative estimate of drug-likeness (QED) is 0.412. The zero-order valence-electron chi connectivity index (χ0n) is 16.0. The van der Waals surface area contributed by atoms with Gasteiger partial charge in [-0.1, -0.05) is 74.5 Å². The van der Waals surface area contributed by atoms with Gasteiger partial charge in [-0.3, -0.25) is 4.98 Å². The second-order valence-corrected chi connectivity index (χ2v) is 7.81. The summed E-state index contributed by atoms with van der Waals surface area (Å²) in [6.07, 6.45) is 0. The maximum absolute atomic E-state index is 4.97. The van der Waals surface area contributed by atoms with E-state index < -0.39 is 0 Å². The molecule has 4 aromatic rings. The highest BCUT2D eigenvalue weighted by atomic mass is 32.1. The fourth-order valence-corrected chi connectivity index (χ4v) is 3.85. The third kappa shape index (κ3) is 3.58. The van der Waals surface area contributed by atoms with Crippen molar-refractivity contribution >= 4 is 12.6 Å². The summed E-state index contributed by atoms with van der Waals surface area (Å²) in [5.41, 5.74) is 5.70. The second kappa shape index (κ2) is 7.61. The van der Waals surface area contributed by atoms with Gasteiger partial charge in [0.2, 0.25) is 0 Å². The van der Waals surface area contributed by atoms with Crippen LogP contribution in [-0.2, 0) is 5.41 Å². The van der Waals surface area contributed by atoms with Crippen LogP contribution in [0.1, 0.15) is 25.1 Å². The van der Waals surface area contributed by atoms with Crippen molar-refractivity contribution in [3.05, 3.63) is 102 Å². The Bertz CT molecular complexity index is 1100. The lowest BCUT2D eigenvalue weighted by atomic mass is 9.81. The lowest BCUT2D eigenvalue weighted by molar-refractivity contribution is 0.605. The van der Waals surface area contributed by atoms with E-state index in [2.05, 4.69) is 56.8 Å². The highest BCUT2D eigenvalue weighted by Gasteiger charge is 2.26. The molecule has 0 saturated heterocycles. The van der Waals surface area contributed by atoms with Gasteiger partial charge in [0, 0.05) is 15.9 Å². The maximum Gasteiger partial charge on any atom is 0.0893 e. The number of nitrogens with zero attached hydrogens (tertiary/aromatic N) is 2. The molecule has 0 N–H and O–H groups in total. The first kappa shape index (κ1) is 18.5. The highest BCUT2D eigenvalue weighted by molar-refractivity contribution is 7.80. The van der Waals surface area contributed by atoms with Crippen LogP contribution in [0.15, 0.2) is 95.9 Å². The lowest BCUT2D eigenvalue weighted by Gasteiger charge is -2.26. The summed E-state index contributed by atoms with van der Waals surface area (Å²) in [6, 6.07) is 30.6. The minimum Gasteiger partial charge on any atom is -0.250 e. The van der Waals surface area contributed by atoms with E-state index in [4.69, 9.17) is 9.97 Å². The number of hydrogen-bond acceptors (Lipinski definition) is 3. The predicted molar refractivity (Wildman–Crippen MR) is 119 cm³/mol. The van der Waals surface area contributed by atoms with Crippen LogP contribution in [0.5, 0.6) is 0 Å². The standard InChI is InChI=1S/C25H22N2S/c1-25(2,19-12-6-7-16-23(19)28)24-17-9-15-22(27-24)21-14-8-13-20(26-21)18-10-4-3-5-11-18/h3-17,28H,1-2H3. The first-order valence-electron chi connectivity index (χ1n) is 9.34. The van der Waals surface area contributed by atoms with Crippen molar-refractivity contribution in [3.63, 3.8) is 0 Å². The Morgan fingerprint density at radius 3 is 1.96 bits per heavy atom. The molecule has 0 aliphatic rings. The van der Waals surface area contributed by atoms with E-state index in [1.54, 1.807) is 0 Å². The summed E-state index contributed by atoms with van der Waals surface area (Å²) in [5.74, 6) is 0. The summed E-state index contributed by atoms with van der Waals surface area (Å²) in [6.45, 7) is 4.37. The molecule has 0 spiro atoms. The molecule has 2 aromatic carbocycles. The minimum atomic E-state index is -0.259. The van der Waals surface area contributed by atoms with Gasteiger partial charge in [-0.05, 0) is 35.9 Å². The van der Waals surface area contributed by atoms with Crippen molar-refractivity contribution in [3.8, 4) is 22.6 Å². The molecular weight excluding hydrogens is 360 g/mol. The van der Waals surface area contributed by atoms with Gasteiger partial charge in [0.1, 0.15) is 0 Å². The van der Waals surface area contributed by atoms with Crippen LogP contribution in [0.4, 0.5) is 0 Å². The molecule has 0 bridgehead atoms. The molecule has 2 nitrogen and oxygen atoms in total. The van der Waals surface area contributed by atoms with Gasteiger partial charge in [0.05, 0.1) is 22.8 Å². The lowest BCUT2D eigenvalue weighted by Crippen LogP contribution is -2.21. The summed E-state index contributed by atoms with van der Waals surface area (Å²) in [5, 5.41) is 0. The molecule has 0 saturated carbocycles. The van der Waals surface area contributed by atoms with E-state index in [1.165, 1.54) is 0 Å². The van der Waals surface area contributed by atoms with E-state index in [0.29, 0.717) is 0 Å². The zero-order chi connectivity index (χ0) is 19.6. The largest absolute Gasteiger partial charge is 0.250 e. The van der Waals surface area contributed by atoms with Gasteiger partial charge in [-0.15, -0.1) is 12.6 Å². The summed E-state index contributed by atoms with van der Waals surface area (Å²) < 4.78 is 0. The molecule has 0 fully saturated rings. The van der Waals surface area contributed by atoms with Gasteiger partial charge in [0.25, 0.3) is 0 Å². The van der Waals surface area contributed by atoms with E-state index in [1.807, 2.05) is 60.7 Å². The van der Waals surface area contributed by atoms with Crippen LogP contribution in [0, 0.1) is 0 Å². The molecule has 0 atom stereocenters. The molecule has 28 heavy (non-hydrogen) atoms. The number of pyridine rings is 2. The van der Waals surface area contributed by atoms with E-state index in [0.717, 1.165) is 38.8 Å². The molecule has 3 heteroatoms. The predicted octanol–water partition coefficient (Wildman–Crippen LogP) is 6.43. The van der Waals surface area contributed by atoms with Crippen molar-refractivity contribution in [2.75, 3.05) is 0 Å². The first-order chi connectivity index (χ1) is 13.6. The Balaban J connectivity index is 1.75. The zero-order valence-corrected chi connectivity index (χ0v) is 16.9. The fourth-order valence-electron chi connectivity index (χ4n) is 3.41. The summed E-state index contributed by atoms with van der Waals surface area (Å²) in [4.78, 5) is 10.8. The third-order valence-electron chi connectivity index (χ3n) is 5.05. The number of thiol groups is 1. The fraction of sp³-hybridized carbons (Fsp3) is 0.120. The summed E-state index contributed by atoms with van der Waals surface area (Å²) in [7, 11) is 0. The maximum atomic E-state index is 4.97. The Labute approximate surface area is 171 Å². The Hall–Kier alpha value is -2.91. The smallest absolute Gasteiger partial charge is 0.0893 e. The van der Waals surface area contributed by atoms with Crippen LogP contribution < -0.4 is 0 Å². The topological polar surface area (TPSA) is 25.8 Å². The van der Waals surface area contributed by atoms with Crippen LogP contribution in [0.3, 0.4) is 0 Å². The average Bonchev–Trinajstić information content (AvgIpc) is 2.75. The number of benzene rings is 2. The molecule has 0 unspecified atom stereocenters. The van der Waals surface area contributed by atoms with Crippen molar-refractivity contribution < 1.29 is 0 Å². The Morgan fingerprint density at radius 1 is 0.607 bits per heavy atom. The molecule has 0 amide bonds. The van der Waals surface area contributed by atoms with E-state index >= 15 is 0 Å².